The van der Waals surface area contributed by atoms with Gasteiger partial charge >= 0.3 is 84.0 Å². The maximum Gasteiger partial charge on any atom is 1.00 e. The largest absolute Gasteiger partial charge is 1.00 e. The number of hydrogen-bond acceptors (Lipinski definition) is 19. The number of nitrogens with zero attached hydrogens (tertiary/aromatic N) is 4. The monoisotopic (exact) mass is 2070 g/mol. The van der Waals surface area contributed by atoms with Crippen molar-refractivity contribution in [3.8, 4) is 0 Å². The minimum atomic E-state index is -4.52. The van der Waals surface area contributed by atoms with Crippen LogP contribution in [0, 0.1) is 0 Å². The van der Waals surface area contributed by atoms with Gasteiger partial charge in [0.25, 0.3) is 0 Å². The van der Waals surface area contributed by atoms with Gasteiger partial charge in [-0.3, -0.25) is 28.8 Å². The number of likely N-dealkylation sites (N-methyl/N-ethyl adjacent to an activating group) is 1. The molecule has 7 amide bonds. The van der Waals surface area contributed by atoms with E-state index < -0.39 is 107 Å². The number of halogens is 12. The Morgan fingerprint density at radius 3 is 1.07 bits per heavy atom. The molecule has 4 spiro atoms. The molecule has 0 aliphatic carbocycles. The molecule has 7 N–H and O–H groups in total. The first-order valence-corrected chi connectivity index (χ1v) is 46.0. The number of aliphatic hydroxyl groups excluding tert-OH is 1. The quantitative estimate of drug-likeness (QED) is 0.00977. The van der Waals surface area contributed by atoms with Crippen LogP contribution in [0.5, 0.6) is 0 Å². The molecule has 7 aromatic rings. The number of carboxylic acid groups (broad SMARTS) is 2. The number of aliphatic carboxylic acids is 1. The Morgan fingerprint density at radius 2 is 0.748 bits per heavy atom. The molecular weight excluding hydrogens is 1970 g/mol. The average Bonchev–Trinajstić information content (AvgIpc) is 1.56. The van der Waals surface area contributed by atoms with Crippen LogP contribution in [0.3, 0.4) is 0 Å². The van der Waals surface area contributed by atoms with Crippen molar-refractivity contribution in [1.82, 2.24) is 20.0 Å². The maximum absolute atomic E-state index is 13.2. The number of aromatic carboxylic acids is 1. The molecule has 0 saturated carbocycles. The summed E-state index contributed by atoms with van der Waals surface area (Å²) in [7, 11) is 14.0. The number of ether oxygens (including phenoxy) is 4. The third-order valence-electron chi connectivity index (χ3n) is 23.3. The Labute approximate surface area is 819 Å². The molecule has 7 aromatic carbocycles. The van der Waals surface area contributed by atoms with Gasteiger partial charge in [0.1, 0.15) is 5.60 Å². The van der Waals surface area contributed by atoms with Crippen LogP contribution in [0.15, 0.2) is 164 Å². The van der Waals surface area contributed by atoms with Gasteiger partial charge in [-0.1, -0.05) is 77.2 Å². The summed E-state index contributed by atoms with van der Waals surface area (Å²) >= 11 is 2.15. The van der Waals surface area contributed by atoms with E-state index in [4.69, 9.17) is 33.4 Å². The van der Waals surface area contributed by atoms with Crippen LogP contribution in [0.4, 0.5) is 67.1 Å². The molecule has 135 heavy (non-hydrogen) atoms. The van der Waals surface area contributed by atoms with E-state index in [0.29, 0.717) is 103 Å². The minimum absolute atomic E-state index is 0. The van der Waals surface area contributed by atoms with Crippen molar-refractivity contribution in [2.75, 3.05) is 114 Å². The molecule has 8 heterocycles. The van der Waals surface area contributed by atoms with Gasteiger partial charge < -0.3 is 76.6 Å². The predicted octanol–water partition coefficient (Wildman–Crippen LogP) is 13.3. The second kappa shape index (κ2) is 47.6. The van der Waals surface area contributed by atoms with Crippen LogP contribution in [-0.4, -0.2) is 204 Å². The summed E-state index contributed by atoms with van der Waals surface area (Å²) in [4.78, 5) is 154. The number of alkyl halides is 10. The Hall–Kier alpha value is -11.1. The fourth-order valence-electron chi connectivity index (χ4n) is 16.7. The molecule has 8 aliphatic heterocycles. The number of amides is 7. The van der Waals surface area contributed by atoms with Gasteiger partial charge in [-0.25, -0.2) is 33.0 Å². The molecule has 0 aromatic heterocycles. The van der Waals surface area contributed by atoms with Gasteiger partial charge in [0, 0.05) is 116 Å². The van der Waals surface area contributed by atoms with Crippen molar-refractivity contribution in [3.05, 3.63) is 242 Å². The third-order valence-corrected chi connectivity index (χ3v) is 23.3. The maximum atomic E-state index is 13.2. The van der Waals surface area contributed by atoms with Gasteiger partial charge in [-0.05, 0) is 238 Å². The number of hydrogen-bond donors (Lipinski definition) is 7. The Morgan fingerprint density at radius 1 is 0.452 bits per heavy atom. The van der Waals surface area contributed by atoms with Crippen LogP contribution >= 0.6 is 44.0 Å². The number of methoxy groups -OCH3 is 3. The first kappa shape index (κ1) is 111. The summed E-state index contributed by atoms with van der Waals surface area (Å²) in [6, 6.07) is 34.7. The fourth-order valence-corrected chi connectivity index (χ4v) is 16.7. The molecular formula is C93H97Cl2F9IN8NaO20S. The van der Waals surface area contributed by atoms with Crippen molar-refractivity contribution in [1.29, 1.82) is 0 Å². The summed E-state index contributed by atoms with van der Waals surface area (Å²) in [6.45, 7) is 8.85. The zero-order chi connectivity index (χ0) is 99.4. The Kier molecular flexibility index (Phi) is 39.1. The van der Waals surface area contributed by atoms with E-state index in [1.807, 2.05) is 25.7 Å². The molecule has 28 nitrogen and oxygen atoms in total. The molecule has 0 unspecified atom stereocenters. The number of likely N-dealkylation sites (tertiary alicyclic amines) is 3. The SMILES string of the molecule is CC(C)(C)OC(=O)N1CCC2(CC1)C(=O)Nc1ccc(C(=O)O)cc12.CI.CO.COC(=O)c1ccc2c(c1)C1(CCN(C(=O)/C=C/c3ccccc3C(F)(F)F)CC1)C(=O)N2.COC(=O)c1ccc2c(c1)C1(CCN(C(=O)/C=C/c3ccccc3C(F)(F)F)CC1)C(=O)N2C.COC(=O)c1ccc2c(c1)C1(CCNCC1)C(=O)N2.O=C(O)/C=C/c1ccccc1C(F)(F)F.O=S(Cl)Cl.[H-].[Na+]. The van der Waals surface area contributed by atoms with E-state index in [0.717, 1.165) is 92.4 Å². The average molecular weight is 2070 g/mol. The number of carboxylic acids is 2. The molecule has 15 rings (SSSR count). The molecule has 0 atom stereocenters. The zero-order valence-corrected chi connectivity index (χ0v) is 81.1. The Balaban J connectivity index is 0.000000261. The number of benzene rings is 7. The van der Waals surface area contributed by atoms with Gasteiger partial charge in [-0.15, -0.1) is 0 Å². The smallest absolute Gasteiger partial charge is 1.00 e. The summed E-state index contributed by atoms with van der Waals surface area (Å²) in [5, 5.41) is 36.4. The number of rotatable bonds is 10. The third kappa shape index (κ3) is 26.6. The van der Waals surface area contributed by atoms with E-state index >= 15 is 0 Å². The van der Waals surface area contributed by atoms with Crippen LogP contribution in [-0.2, 0) is 102 Å². The number of aliphatic hydroxyl groups is 1. The number of carbonyl (C=O) groups excluding carboxylic acids is 10. The molecule has 4 fully saturated rings. The van der Waals surface area contributed by atoms with E-state index in [2.05, 4.69) is 65.2 Å². The summed E-state index contributed by atoms with van der Waals surface area (Å²) in [5.74, 6) is -4.92. The van der Waals surface area contributed by atoms with Crippen LogP contribution < -0.4 is 55.7 Å². The van der Waals surface area contributed by atoms with Gasteiger partial charge in [-0.2, -0.15) is 39.5 Å². The number of nitrogens with one attached hydrogen (secondary N) is 4. The molecule has 8 aliphatic rings. The number of fused-ring (bicyclic) bond motifs is 8. The van der Waals surface area contributed by atoms with Crippen LogP contribution in [0.25, 0.3) is 18.2 Å². The van der Waals surface area contributed by atoms with Crippen molar-refractivity contribution in [2.45, 2.75) is 118 Å². The summed E-state index contributed by atoms with van der Waals surface area (Å²) in [6.07, 6.45) is -3.98. The number of anilines is 4. The molecule has 0 bridgehead atoms. The van der Waals surface area contributed by atoms with Gasteiger partial charge in [0.2, 0.25) is 44.7 Å². The standard InChI is InChI=1S/C25H23F3N2O4.C24H21F3N2O4.C18H22N2O5.C14H16N2O3.C10H7F3O2.CH3I.CH4O.Cl2OS.Na.H/c1-29-20-9-7-17(22(32)34-2)15-19(20)24(23(29)33)11-13-30(14-12-24)21(31)10-8-16-5-3-4-6-18(16)25(26,27)28;1-33-21(31)16-6-8-19-18(14-16)23(22(32)28-19)10-12-29(13-11-23)20(30)9-7-15-4-2-3-5-17(15)24(25,26)27;1-17(2,3)25-16(24)20-8-6-18(7-9-20)12-10-11(14(21)22)4-5-13(12)19-15(18)23;1-19-12(17)9-2-3-11-10(8-9)14(13(18)16-11)4-6-15-7-5-14;11-10(12,13)8-4-2-1-3-7(8)5-6-9(14)15;2*1-2;1-4(2)3;;/h3-10,15H,11-14H2,1-2H3;2-9,14H,10-13H2,1H3,(H,28,32);4-5,10H,6-9H2,1-3H3,(H,19,23)(H,21,22);2-3,8,15H,4-7H2,1H3,(H,16,18);1-6H,(H,14,15);1H3;2H,1H3;;;/q;;;;;;;;+1;-1/b10-8+;9-7+;;;6-5+;;;;;. The van der Waals surface area contributed by atoms with Crippen LogP contribution in [0.2, 0.25) is 0 Å². The first-order valence-electron chi connectivity index (χ1n) is 41.1. The van der Waals surface area contributed by atoms with Crippen molar-refractivity contribution in [3.63, 3.8) is 0 Å². The number of piperidine rings is 4. The zero-order valence-electron chi connectivity index (χ0n) is 75.6. The number of esters is 3. The fraction of sp³-hybridized carbons (Fsp3) is 0.355. The van der Waals surface area contributed by atoms with E-state index in [1.165, 1.54) is 97.9 Å². The van der Waals surface area contributed by atoms with E-state index in [9.17, 15) is 102 Å². The number of carbonyl (C=O) groups is 12. The second-order valence-corrected chi connectivity index (χ2v) is 34.5. The van der Waals surface area contributed by atoms with Gasteiger partial charge in [0.15, 0.2) is 0 Å². The van der Waals surface area contributed by atoms with Gasteiger partial charge in [0.05, 0.1) is 81.9 Å². The minimum Gasteiger partial charge on any atom is -1.00 e. The summed E-state index contributed by atoms with van der Waals surface area (Å²) in [5.41, 5.74) is 0.813. The molecule has 4 saturated heterocycles. The topological polar surface area (TPSA) is 381 Å². The Bertz CT molecular complexity index is 5690. The van der Waals surface area contributed by atoms with E-state index in [1.54, 1.807) is 83.6 Å². The first-order chi connectivity index (χ1) is 63.2. The summed E-state index contributed by atoms with van der Waals surface area (Å²) < 4.78 is 145. The van der Waals surface area contributed by atoms with Crippen molar-refractivity contribution < 1.29 is 167 Å². The molecule has 720 valence electrons. The second-order valence-electron chi connectivity index (χ2n) is 32.0. The molecule has 0 radical (unpaired) electrons. The predicted molar refractivity (Wildman–Crippen MR) is 492 cm³/mol. The molecule has 42 heteroatoms. The van der Waals surface area contributed by atoms with Crippen LogP contribution in [0.1, 0.15) is 171 Å². The van der Waals surface area contributed by atoms with Crippen molar-refractivity contribution >= 4 is 166 Å². The normalized spacial score (nSPS) is 16.5. The van der Waals surface area contributed by atoms with Crippen molar-refractivity contribution in [2.24, 2.45) is 0 Å². The van der Waals surface area contributed by atoms with E-state index in [-0.39, 0.29) is 115 Å².